The summed E-state index contributed by atoms with van der Waals surface area (Å²) in [7, 11) is -3.02. The van der Waals surface area contributed by atoms with Crippen molar-refractivity contribution in [2.75, 3.05) is 11.5 Å². The molecular formula is C16H20N2O5S2. The summed E-state index contributed by atoms with van der Waals surface area (Å²) < 4.78 is 28.3. The molecule has 2 aromatic rings. The lowest BCUT2D eigenvalue weighted by Crippen LogP contribution is -2.19. The maximum atomic E-state index is 12.3. The topological polar surface area (TPSA) is 106 Å². The maximum Gasteiger partial charge on any atom is 0.306 e. The Morgan fingerprint density at radius 1 is 1.44 bits per heavy atom. The Balaban J connectivity index is 1.73. The second-order valence-electron chi connectivity index (χ2n) is 6.52. The first-order chi connectivity index (χ1) is 11.7. The van der Waals surface area contributed by atoms with Crippen molar-refractivity contribution in [2.24, 2.45) is 5.92 Å². The fraction of sp³-hybridized carbons (Fsp3) is 0.562. The van der Waals surface area contributed by atoms with Gasteiger partial charge in [0, 0.05) is 11.3 Å². The van der Waals surface area contributed by atoms with Crippen molar-refractivity contribution in [3.05, 3.63) is 26.6 Å². The summed E-state index contributed by atoms with van der Waals surface area (Å²) in [5, 5.41) is 0.570. The molecule has 0 unspecified atom stereocenters. The number of nitrogens with one attached hydrogen (secondary N) is 1. The second-order valence-corrected chi connectivity index (χ2v) is 9.95. The average Bonchev–Trinajstić information content (AvgIpc) is 2.98. The van der Waals surface area contributed by atoms with Crippen molar-refractivity contribution < 1.29 is 17.9 Å². The van der Waals surface area contributed by atoms with E-state index in [9.17, 15) is 18.0 Å². The molecule has 0 aliphatic carbocycles. The van der Waals surface area contributed by atoms with Crippen molar-refractivity contribution in [3.8, 4) is 0 Å². The largest absolute Gasteiger partial charge is 0.454 e. The lowest BCUT2D eigenvalue weighted by Gasteiger charge is -2.14. The number of hydrogen-bond donors (Lipinski definition) is 1. The minimum absolute atomic E-state index is 0.0330. The number of carbonyl (C=O) groups is 1. The van der Waals surface area contributed by atoms with Gasteiger partial charge in [-0.3, -0.25) is 9.59 Å². The normalized spacial score (nSPS) is 20.7. The molecule has 7 nitrogen and oxygen atoms in total. The fourth-order valence-electron chi connectivity index (χ4n) is 3.03. The van der Waals surface area contributed by atoms with E-state index in [1.807, 2.05) is 13.8 Å². The van der Waals surface area contributed by atoms with Gasteiger partial charge in [-0.1, -0.05) is 0 Å². The molecule has 1 aliphatic heterocycles. The van der Waals surface area contributed by atoms with Gasteiger partial charge in [0.15, 0.2) is 21.8 Å². The summed E-state index contributed by atoms with van der Waals surface area (Å²) in [5.41, 5.74) is 0.666. The van der Waals surface area contributed by atoms with Crippen LogP contribution in [0.25, 0.3) is 10.2 Å². The first kappa shape index (κ1) is 18.1. The number of aromatic nitrogens is 2. The van der Waals surface area contributed by atoms with Crippen LogP contribution in [0.4, 0.5) is 0 Å². The third-order valence-electron chi connectivity index (χ3n) is 4.53. The van der Waals surface area contributed by atoms with E-state index in [2.05, 4.69) is 9.97 Å². The second kappa shape index (κ2) is 6.53. The number of fused-ring (bicyclic) bond motifs is 1. The van der Waals surface area contributed by atoms with Crippen molar-refractivity contribution in [2.45, 2.75) is 39.7 Å². The van der Waals surface area contributed by atoms with E-state index >= 15 is 0 Å². The van der Waals surface area contributed by atoms with Crippen LogP contribution < -0.4 is 5.56 Å². The highest BCUT2D eigenvalue weighted by Gasteiger charge is 2.30. The van der Waals surface area contributed by atoms with Gasteiger partial charge in [0.1, 0.15) is 4.83 Å². The van der Waals surface area contributed by atoms with E-state index in [0.29, 0.717) is 22.5 Å². The van der Waals surface area contributed by atoms with Crippen LogP contribution in [0.1, 0.15) is 42.1 Å². The summed E-state index contributed by atoms with van der Waals surface area (Å²) in [5.74, 6) is -0.210. The van der Waals surface area contributed by atoms with Gasteiger partial charge in [0.05, 0.1) is 16.9 Å². The number of thiophene rings is 1. The van der Waals surface area contributed by atoms with Crippen molar-refractivity contribution in [3.63, 3.8) is 0 Å². The Morgan fingerprint density at radius 3 is 2.80 bits per heavy atom. The summed E-state index contributed by atoms with van der Waals surface area (Å²) in [6, 6.07) is 0. The molecule has 9 heteroatoms. The average molecular weight is 384 g/mol. The number of nitrogens with zero attached hydrogens (tertiary/aromatic N) is 1. The van der Waals surface area contributed by atoms with Gasteiger partial charge in [-0.2, -0.15) is 0 Å². The van der Waals surface area contributed by atoms with Crippen LogP contribution >= 0.6 is 11.3 Å². The van der Waals surface area contributed by atoms with E-state index in [0.717, 1.165) is 10.4 Å². The summed E-state index contributed by atoms with van der Waals surface area (Å²) >= 11 is 1.43. The van der Waals surface area contributed by atoms with Crippen LogP contribution in [-0.4, -0.2) is 35.9 Å². The van der Waals surface area contributed by atoms with E-state index in [-0.39, 0.29) is 29.4 Å². The highest BCUT2D eigenvalue weighted by atomic mass is 32.2. The van der Waals surface area contributed by atoms with Gasteiger partial charge in [-0.25, -0.2) is 13.4 Å². The molecule has 2 aromatic heterocycles. The minimum Gasteiger partial charge on any atom is -0.454 e. The summed E-state index contributed by atoms with van der Waals surface area (Å²) in [6.45, 7) is 5.45. The molecule has 3 heterocycles. The molecule has 0 spiro atoms. The van der Waals surface area contributed by atoms with E-state index < -0.39 is 21.9 Å². The number of rotatable bonds is 4. The van der Waals surface area contributed by atoms with Gasteiger partial charge in [-0.05, 0) is 38.7 Å². The highest BCUT2D eigenvalue weighted by molar-refractivity contribution is 7.91. The zero-order valence-corrected chi connectivity index (χ0v) is 15.9. The summed E-state index contributed by atoms with van der Waals surface area (Å²) in [4.78, 5) is 33.1. The Labute approximate surface area is 149 Å². The quantitative estimate of drug-likeness (QED) is 0.809. The van der Waals surface area contributed by atoms with Crippen molar-refractivity contribution in [1.82, 2.24) is 9.97 Å². The van der Waals surface area contributed by atoms with Gasteiger partial charge < -0.3 is 9.72 Å². The maximum absolute atomic E-state index is 12.3. The molecule has 1 aliphatic rings. The van der Waals surface area contributed by atoms with Crippen molar-refractivity contribution >= 4 is 37.4 Å². The third kappa shape index (κ3) is 3.77. The Morgan fingerprint density at radius 2 is 2.16 bits per heavy atom. The summed E-state index contributed by atoms with van der Waals surface area (Å²) in [6.07, 6.45) is -0.154. The van der Waals surface area contributed by atoms with Gasteiger partial charge in [-0.15, -0.1) is 11.3 Å². The SMILES string of the molecule is Cc1sc2nc([C@H](C)OC(=O)C[C@H]3CCS(=O)(=O)C3)[nH]c(=O)c2c1C. The van der Waals surface area contributed by atoms with Gasteiger partial charge in [0.25, 0.3) is 5.56 Å². The molecule has 1 fully saturated rings. The van der Waals surface area contributed by atoms with E-state index in [1.54, 1.807) is 6.92 Å². The van der Waals surface area contributed by atoms with Crippen LogP contribution in [-0.2, 0) is 19.4 Å². The molecule has 136 valence electrons. The number of aromatic amines is 1. The number of hydrogen-bond acceptors (Lipinski definition) is 7. The predicted molar refractivity (Wildman–Crippen MR) is 95.6 cm³/mol. The number of esters is 1. The number of carbonyl (C=O) groups excluding carboxylic acids is 1. The molecule has 0 bridgehead atoms. The number of ether oxygens (including phenoxy) is 1. The molecule has 0 amide bonds. The molecule has 25 heavy (non-hydrogen) atoms. The lowest BCUT2D eigenvalue weighted by atomic mass is 10.1. The standard InChI is InChI=1S/C16H20N2O5S2/c1-8-10(3)24-16-13(8)15(20)17-14(18-16)9(2)23-12(19)6-11-4-5-25(21,22)7-11/h9,11H,4-7H2,1-3H3,(H,17,18,20)/t9-,11+/m0/s1. The minimum atomic E-state index is -3.02. The fourth-order valence-corrected chi connectivity index (χ4v) is 5.93. The monoisotopic (exact) mass is 384 g/mol. The van der Waals surface area contributed by atoms with Crippen LogP contribution in [0, 0.1) is 19.8 Å². The molecule has 0 saturated carbocycles. The van der Waals surface area contributed by atoms with E-state index in [1.165, 1.54) is 11.3 Å². The molecule has 2 atom stereocenters. The van der Waals surface area contributed by atoms with Crippen molar-refractivity contribution in [1.29, 1.82) is 0 Å². The lowest BCUT2D eigenvalue weighted by molar-refractivity contribution is -0.149. The third-order valence-corrected chi connectivity index (χ3v) is 7.47. The van der Waals surface area contributed by atoms with Crippen LogP contribution in [0.2, 0.25) is 0 Å². The molecule has 1 saturated heterocycles. The number of aryl methyl sites for hydroxylation is 2. The first-order valence-corrected chi connectivity index (χ1v) is 10.7. The molecular weight excluding hydrogens is 364 g/mol. The van der Waals surface area contributed by atoms with Crippen LogP contribution in [0.15, 0.2) is 4.79 Å². The Kier molecular flexibility index (Phi) is 4.72. The zero-order chi connectivity index (χ0) is 18.4. The Bertz CT molecular complexity index is 990. The first-order valence-electron chi connectivity index (χ1n) is 8.06. The number of sulfone groups is 1. The smallest absolute Gasteiger partial charge is 0.306 e. The Hall–Kier alpha value is -1.74. The van der Waals surface area contributed by atoms with Gasteiger partial charge in [0.2, 0.25) is 0 Å². The van der Waals surface area contributed by atoms with E-state index in [4.69, 9.17) is 4.74 Å². The molecule has 1 N–H and O–H groups in total. The molecule has 0 radical (unpaired) electrons. The van der Waals surface area contributed by atoms with Crippen LogP contribution in [0.5, 0.6) is 0 Å². The molecule has 3 rings (SSSR count). The number of H-pyrrole nitrogens is 1. The van der Waals surface area contributed by atoms with Gasteiger partial charge >= 0.3 is 5.97 Å². The molecule has 0 aromatic carbocycles. The highest BCUT2D eigenvalue weighted by Crippen LogP contribution is 2.27. The predicted octanol–water partition coefficient (Wildman–Crippen LogP) is 2.03. The zero-order valence-electron chi connectivity index (χ0n) is 14.3. The van der Waals surface area contributed by atoms with Crippen LogP contribution in [0.3, 0.4) is 0 Å².